The predicted octanol–water partition coefficient (Wildman–Crippen LogP) is 1.19. The van der Waals surface area contributed by atoms with Crippen molar-refractivity contribution < 1.29 is 14.7 Å². The van der Waals surface area contributed by atoms with Gasteiger partial charge in [-0.3, -0.25) is 14.3 Å². The van der Waals surface area contributed by atoms with Crippen LogP contribution in [0, 0.1) is 30.6 Å². The first-order valence-electron chi connectivity index (χ1n) is 6.70. The average Bonchev–Trinajstić information content (AvgIpc) is 3.04. The molecule has 6 nitrogen and oxygen atoms in total. The lowest BCUT2D eigenvalue weighted by molar-refractivity contribution is -0.146. The maximum absolute atomic E-state index is 12.4. The highest BCUT2D eigenvalue weighted by Gasteiger charge is 2.51. The summed E-state index contributed by atoms with van der Waals surface area (Å²) in [6.07, 6.45) is 4.66. The molecule has 0 spiro atoms. The number of carbonyl (C=O) groups excluding carboxylic acids is 1. The molecule has 1 aromatic rings. The van der Waals surface area contributed by atoms with Crippen LogP contribution in [-0.2, 0) is 16.6 Å². The van der Waals surface area contributed by atoms with E-state index in [1.54, 1.807) is 17.8 Å². The molecule has 0 radical (unpaired) electrons. The van der Waals surface area contributed by atoms with Gasteiger partial charge >= 0.3 is 5.97 Å². The third kappa shape index (κ3) is 1.92. The fourth-order valence-corrected chi connectivity index (χ4v) is 3.35. The van der Waals surface area contributed by atoms with Crippen LogP contribution >= 0.6 is 0 Å². The first-order valence-corrected chi connectivity index (χ1v) is 6.70. The highest BCUT2D eigenvalue weighted by atomic mass is 16.4. The fourth-order valence-electron chi connectivity index (χ4n) is 3.35. The Labute approximate surface area is 116 Å². The van der Waals surface area contributed by atoms with Crippen molar-refractivity contribution in [1.29, 1.82) is 0 Å². The van der Waals surface area contributed by atoms with Crippen molar-refractivity contribution in [2.24, 2.45) is 30.7 Å². The molecule has 1 amide bonds. The van der Waals surface area contributed by atoms with Gasteiger partial charge in [-0.25, -0.2) is 0 Å². The van der Waals surface area contributed by atoms with Crippen molar-refractivity contribution in [3.8, 4) is 0 Å². The van der Waals surface area contributed by atoms with E-state index < -0.39 is 17.8 Å². The number of nitrogens with one attached hydrogen (secondary N) is 1. The van der Waals surface area contributed by atoms with Gasteiger partial charge in [-0.05, 0) is 25.2 Å². The number of anilines is 1. The Morgan fingerprint density at radius 2 is 2.00 bits per heavy atom. The number of rotatable bonds is 3. The quantitative estimate of drug-likeness (QED) is 0.812. The fraction of sp³-hybridized carbons (Fsp3) is 0.500. The number of carboxylic acid groups (broad SMARTS) is 1. The summed E-state index contributed by atoms with van der Waals surface area (Å²) < 4.78 is 1.67. The summed E-state index contributed by atoms with van der Waals surface area (Å²) in [5.74, 6) is -1.75. The first kappa shape index (κ1) is 12.9. The van der Waals surface area contributed by atoms with E-state index >= 15 is 0 Å². The molecule has 0 aromatic carbocycles. The zero-order chi connectivity index (χ0) is 14.4. The summed E-state index contributed by atoms with van der Waals surface area (Å²) in [6, 6.07) is 1.77. The number of aromatic nitrogens is 2. The second-order valence-electron chi connectivity index (χ2n) is 5.62. The summed E-state index contributed by atoms with van der Waals surface area (Å²) in [6.45, 7) is 1.89. The number of aryl methyl sites for hydroxylation is 2. The van der Waals surface area contributed by atoms with Gasteiger partial charge in [0.05, 0.1) is 11.8 Å². The number of hydrogen-bond acceptors (Lipinski definition) is 3. The molecule has 4 atom stereocenters. The Morgan fingerprint density at radius 1 is 1.35 bits per heavy atom. The molecule has 0 aliphatic heterocycles. The molecule has 3 rings (SSSR count). The second-order valence-corrected chi connectivity index (χ2v) is 5.62. The van der Waals surface area contributed by atoms with Gasteiger partial charge in [0.2, 0.25) is 5.91 Å². The maximum Gasteiger partial charge on any atom is 0.307 e. The molecule has 1 saturated carbocycles. The number of nitrogens with zero attached hydrogens (tertiary/aromatic N) is 2. The van der Waals surface area contributed by atoms with Gasteiger partial charge in [0.25, 0.3) is 0 Å². The van der Waals surface area contributed by atoms with Gasteiger partial charge in [-0.1, -0.05) is 12.2 Å². The molecule has 2 aliphatic rings. The van der Waals surface area contributed by atoms with Crippen molar-refractivity contribution in [2.75, 3.05) is 5.32 Å². The standard InChI is InChI=1S/C14H17N3O3/c1-7-5-10(16-17(7)2)15-13(18)11-8-3-4-9(6-8)12(11)14(19)20/h3-5,8-9,11-12H,6H2,1-2H3,(H,19,20)(H,15,16,18)/t8-,9+,11-,12+/m1/s1. The monoisotopic (exact) mass is 275 g/mol. The van der Waals surface area contributed by atoms with Crippen molar-refractivity contribution >= 4 is 17.7 Å². The van der Waals surface area contributed by atoms with E-state index in [1.807, 2.05) is 19.1 Å². The van der Waals surface area contributed by atoms with E-state index in [0.717, 1.165) is 12.1 Å². The third-order valence-corrected chi connectivity index (χ3v) is 4.41. The van der Waals surface area contributed by atoms with Crippen LogP contribution in [0.1, 0.15) is 12.1 Å². The molecule has 2 N–H and O–H groups in total. The molecular weight excluding hydrogens is 258 g/mol. The molecule has 1 heterocycles. The lowest BCUT2D eigenvalue weighted by Crippen LogP contribution is -2.36. The number of carboxylic acids is 1. The summed E-state index contributed by atoms with van der Waals surface area (Å²) >= 11 is 0. The molecule has 2 bridgehead atoms. The van der Waals surface area contributed by atoms with Crippen LogP contribution in [0.15, 0.2) is 18.2 Å². The van der Waals surface area contributed by atoms with Crippen LogP contribution in [0.25, 0.3) is 0 Å². The van der Waals surface area contributed by atoms with Gasteiger partial charge in [-0.2, -0.15) is 5.10 Å². The Morgan fingerprint density at radius 3 is 2.55 bits per heavy atom. The van der Waals surface area contributed by atoms with Gasteiger partial charge in [-0.15, -0.1) is 0 Å². The minimum absolute atomic E-state index is 0.0151. The molecular formula is C14H17N3O3. The zero-order valence-electron chi connectivity index (χ0n) is 11.4. The Bertz CT molecular complexity index is 585. The van der Waals surface area contributed by atoms with E-state index in [0.29, 0.717) is 5.82 Å². The van der Waals surface area contributed by atoms with Crippen LogP contribution in [0.2, 0.25) is 0 Å². The van der Waals surface area contributed by atoms with Crippen LogP contribution < -0.4 is 5.32 Å². The lowest BCUT2D eigenvalue weighted by atomic mass is 9.82. The Hall–Kier alpha value is -2.11. The predicted molar refractivity (Wildman–Crippen MR) is 71.9 cm³/mol. The molecule has 0 saturated heterocycles. The van der Waals surface area contributed by atoms with Crippen LogP contribution in [0.5, 0.6) is 0 Å². The number of fused-ring (bicyclic) bond motifs is 2. The molecule has 1 aromatic heterocycles. The zero-order valence-corrected chi connectivity index (χ0v) is 11.4. The molecule has 6 heteroatoms. The highest BCUT2D eigenvalue weighted by Crippen LogP contribution is 2.48. The lowest BCUT2D eigenvalue weighted by Gasteiger charge is -2.23. The third-order valence-electron chi connectivity index (χ3n) is 4.41. The molecule has 2 aliphatic carbocycles. The van der Waals surface area contributed by atoms with Crippen LogP contribution in [0.3, 0.4) is 0 Å². The SMILES string of the molecule is Cc1cc(NC(=O)[C@H]2[C@@H](C(=O)O)[C@H]3C=C[C@@H]2C3)nn1C. The number of carbonyl (C=O) groups is 2. The largest absolute Gasteiger partial charge is 0.481 e. The summed E-state index contributed by atoms with van der Waals surface area (Å²) in [4.78, 5) is 23.8. The van der Waals surface area contributed by atoms with Crippen molar-refractivity contribution in [3.63, 3.8) is 0 Å². The summed E-state index contributed by atoms with van der Waals surface area (Å²) in [7, 11) is 1.80. The van der Waals surface area contributed by atoms with Crippen LogP contribution in [-0.4, -0.2) is 26.8 Å². The molecule has 1 fully saturated rings. The number of aliphatic carboxylic acids is 1. The van der Waals surface area contributed by atoms with Gasteiger partial charge in [0.1, 0.15) is 0 Å². The number of allylic oxidation sites excluding steroid dienone is 2. The summed E-state index contributed by atoms with van der Waals surface area (Å²) in [5, 5.41) is 16.3. The maximum atomic E-state index is 12.4. The van der Waals surface area contributed by atoms with E-state index in [9.17, 15) is 14.7 Å². The van der Waals surface area contributed by atoms with Gasteiger partial charge in [0, 0.05) is 18.8 Å². The van der Waals surface area contributed by atoms with Gasteiger partial charge < -0.3 is 10.4 Å². The first-order chi connectivity index (χ1) is 9.47. The molecule has 20 heavy (non-hydrogen) atoms. The van der Waals surface area contributed by atoms with Gasteiger partial charge in [0.15, 0.2) is 5.82 Å². The van der Waals surface area contributed by atoms with E-state index in [1.165, 1.54) is 0 Å². The Kier molecular flexibility index (Phi) is 2.88. The van der Waals surface area contributed by atoms with Crippen molar-refractivity contribution in [2.45, 2.75) is 13.3 Å². The van der Waals surface area contributed by atoms with Crippen LogP contribution in [0.4, 0.5) is 5.82 Å². The summed E-state index contributed by atoms with van der Waals surface area (Å²) in [5.41, 5.74) is 0.933. The topological polar surface area (TPSA) is 84.2 Å². The van der Waals surface area contributed by atoms with Crippen molar-refractivity contribution in [3.05, 3.63) is 23.9 Å². The van der Waals surface area contributed by atoms with Crippen molar-refractivity contribution in [1.82, 2.24) is 9.78 Å². The smallest absolute Gasteiger partial charge is 0.307 e. The van der Waals surface area contributed by atoms with E-state index in [4.69, 9.17) is 0 Å². The minimum atomic E-state index is -0.890. The Balaban J connectivity index is 1.79. The number of amides is 1. The normalized spacial score (nSPS) is 30.7. The highest BCUT2D eigenvalue weighted by molar-refractivity contribution is 5.95. The number of hydrogen-bond donors (Lipinski definition) is 2. The average molecular weight is 275 g/mol. The minimum Gasteiger partial charge on any atom is -0.481 e. The van der Waals surface area contributed by atoms with E-state index in [2.05, 4.69) is 10.4 Å². The molecule has 106 valence electrons. The second kappa shape index (κ2) is 4.47. The van der Waals surface area contributed by atoms with E-state index in [-0.39, 0.29) is 17.7 Å². The molecule has 0 unspecified atom stereocenters.